The fourth-order valence-corrected chi connectivity index (χ4v) is 3.10. The van der Waals surface area contributed by atoms with Crippen molar-refractivity contribution < 1.29 is 18.1 Å². The van der Waals surface area contributed by atoms with Crippen LogP contribution in [-0.2, 0) is 10.0 Å². The van der Waals surface area contributed by atoms with E-state index < -0.39 is 20.9 Å². The van der Waals surface area contributed by atoms with Crippen LogP contribution in [-0.4, -0.2) is 43.9 Å². The second kappa shape index (κ2) is 9.02. The Morgan fingerprint density at radius 1 is 1.18 bits per heavy atom. The summed E-state index contributed by atoms with van der Waals surface area (Å²) >= 11 is 0. The summed E-state index contributed by atoms with van der Waals surface area (Å²) in [5.41, 5.74) is 2.74. The number of benzene rings is 2. The van der Waals surface area contributed by atoms with Crippen molar-refractivity contribution >= 4 is 33.9 Å². The SMILES string of the molecule is CN(C)S(=O)(=O)c1cccc(C(=O)N/N=C\C=C\c2ccccc2[N+](=O)[O-])c1. The Morgan fingerprint density at radius 3 is 2.57 bits per heavy atom. The lowest BCUT2D eigenvalue weighted by atomic mass is 10.2. The fraction of sp³-hybridized carbons (Fsp3) is 0.111. The quantitative estimate of drug-likeness (QED) is 0.432. The van der Waals surface area contributed by atoms with Crippen LogP contribution >= 0.6 is 0 Å². The van der Waals surface area contributed by atoms with Crippen LogP contribution in [0.2, 0.25) is 0 Å². The smallest absolute Gasteiger partial charge is 0.267 e. The van der Waals surface area contributed by atoms with E-state index >= 15 is 0 Å². The second-order valence-corrected chi connectivity index (χ2v) is 7.86. The molecule has 9 nitrogen and oxygen atoms in total. The first-order chi connectivity index (χ1) is 13.2. The first kappa shape index (κ1) is 20.9. The highest BCUT2D eigenvalue weighted by Gasteiger charge is 2.18. The maximum absolute atomic E-state index is 12.1. The number of nitrogens with zero attached hydrogens (tertiary/aromatic N) is 3. The Morgan fingerprint density at radius 2 is 1.89 bits per heavy atom. The van der Waals surface area contributed by atoms with Gasteiger partial charge in [-0.1, -0.05) is 18.2 Å². The molecule has 0 saturated carbocycles. The second-order valence-electron chi connectivity index (χ2n) is 5.71. The molecule has 0 atom stereocenters. The third kappa shape index (κ3) is 5.09. The van der Waals surface area contributed by atoms with Gasteiger partial charge in [0.2, 0.25) is 10.0 Å². The van der Waals surface area contributed by atoms with Crippen molar-refractivity contribution in [3.05, 3.63) is 75.8 Å². The number of carbonyl (C=O) groups excluding carboxylic acids is 1. The lowest BCUT2D eigenvalue weighted by Gasteiger charge is -2.11. The summed E-state index contributed by atoms with van der Waals surface area (Å²) in [5, 5.41) is 14.7. The van der Waals surface area contributed by atoms with Gasteiger partial charge in [0.05, 0.1) is 15.4 Å². The summed E-state index contributed by atoms with van der Waals surface area (Å²) in [6, 6.07) is 11.8. The van der Waals surface area contributed by atoms with E-state index in [1.807, 2.05) is 0 Å². The zero-order valence-corrected chi connectivity index (χ0v) is 16.0. The molecule has 2 aromatic rings. The van der Waals surface area contributed by atoms with Gasteiger partial charge in [-0.05, 0) is 36.4 Å². The fourth-order valence-electron chi connectivity index (χ4n) is 2.15. The summed E-state index contributed by atoms with van der Waals surface area (Å²) in [4.78, 5) is 22.6. The van der Waals surface area contributed by atoms with Crippen molar-refractivity contribution in [3.63, 3.8) is 0 Å². The van der Waals surface area contributed by atoms with Crippen LogP contribution in [0.5, 0.6) is 0 Å². The van der Waals surface area contributed by atoms with E-state index in [2.05, 4.69) is 10.5 Å². The van der Waals surface area contributed by atoms with Gasteiger partial charge in [0, 0.05) is 31.9 Å². The van der Waals surface area contributed by atoms with Gasteiger partial charge < -0.3 is 0 Å². The number of rotatable bonds is 7. The lowest BCUT2D eigenvalue weighted by molar-refractivity contribution is -0.385. The van der Waals surface area contributed by atoms with Crippen molar-refractivity contribution in [1.82, 2.24) is 9.73 Å². The molecule has 2 aromatic carbocycles. The summed E-state index contributed by atoms with van der Waals surface area (Å²) < 4.78 is 25.3. The van der Waals surface area contributed by atoms with Gasteiger partial charge >= 0.3 is 0 Å². The van der Waals surface area contributed by atoms with Gasteiger partial charge in [0.15, 0.2) is 0 Å². The van der Waals surface area contributed by atoms with Crippen LogP contribution in [0.1, 0.15) is 15.9 Å². The van der Waals surface area contributed by atoms with E-state index in [1.54, 1.807) is 18.2 Å². The normalized spacial score (nSPS) is 12.0. The molecule has 0 aliphatic rings. The molecule has 0 bridgehead atoms. The number of carbonyl (C=O) groups is 1. The Labute approximate surface area is 162 Å². The van der Waals surface area contributed by atoms with E-state index in [-0.39, 0.29) is 16.1 Å². The number of hydrazone groups is 1. The molecule has 0 unspecified atom stereocenters. The van der Waals surface area contributed by atoms with Gasteiger partial charge in [-0.3, -0.25) is 14.9 Å². The first-order valence-electron chi connectivity index (χ1n) is 7.99. The predicted octanol–water partition coefficient (Wildman–Crippen LogP) is 2.27. The van der Waals surface area contributed by atoms with Gasteiger partial charge in [-0.25, -0.2) is 18.1 Å². The number of hydrogen-bond acceptors (Lipinski definition) is 6. The average molecular weight is 402 g/mol. The minimum Gasteiger partial charge on any atom is -0.267 e. The molecular weight excluding hydrogens is 384 g/mol. The molecule has 1 amide bonds. The number of hydrogen-bond donors (Lipinski definition) is 1. The number of para-hydroxylation sites is 1. The molecule has 0 radical (unpaired) electrons. The number of amides is 1. The molecule has 2 rings (SSSR count). The van der Waals surface area contributed by atoms with E-state index in [0.29, 0.717) is 5.56 Å². The van der Waals surface area contributed by atoms with Gasteiger partial charge in [0.1, 0.15) is 0 Å². The molecule has 0 aliphatic heterocycles. The Bertz CT molecular complexity index is 1050. The number of allylic oxidation sites excluding steroid dienone is 1. The van der Waals surface area contributed by atoms with Crippen molar-refractivity contribution in [2.75, 3.05) is 14.1 Å². The molecule has 146 valence electrons. The predicted molar refractivity (Wildman–Crippen MR) is 105 cm³/mol. The average Bonchev–Trinajstić information content (AvgIpc) is 2.67. The zero-order valence-electron chi connectivity index (χ0n) is 15.1. The Hall–Kier alpha value is -3.37. The van der Waals surface area contributed by atoms with Gasteiger partial charge in [-0.2, -0.15) is 5.10 Å². The summed E-state index contributed by atoms with van der Waals surface area (Å²) in [6.07, 6.45) is 4.18. The summed E-state index contributed by atoms with van der Waals surface area (Å²) in [6.45, 7) is 0. The molecule has 28 heavy (non-hydrogen) atoms. The summed E-state index contributed by atoms with van der Waals surface area (Å²) in [7, 11) is -0.858. The van der Waals surface area contributed by atoms with E-state index in [9.17, 15) is 23.3 Å². The van der Waals surface area contributed by atoms with Crippen LogP contribution < -0.4 is 5.43 Å². The molecule has 1 N–H and O–H groups in total. The monoisotopic (exact) mass is 402 g/mol. The largest absolute Gasteiger partial charge is 0.276 e. The van der Waals surface area contributed by atoms with Crippen LogP contribution in [0.15, 0.2) is 64.6 Å². The van der Waals surface area contributed by atoms with Crippen LogP contribution in [0.4, 0.5) is 5.69 Å². The Balaban J connectivity index is 2.06. The number of nitrogens with one attached hydrogen (secondary N) is 1. The highest BCUT2D eigenvalue weighted by molar-refractivity contribution is 7.89. The number of nitro groups is 1. The molecule has 0 fully saturated rings. The molecule has 0 aromatic heterocycles. The maximum Gasteiger partial charge on any atom is 0.276 e. The standard InChI is InChI=1S/C18H18N4O5S/c1-21(2)28(26,27)16-10-5-8-15(13-16)18(23)20-19-12-6-9-14-7-3-4-11-17(14)22(24)25/h3-13H,1-2H3,(H,20,23)/b9-6+,19-12-. The van der Waals surface area contributed by atoms with Gasteiger partial charge in [0.25, 0.3) is 11.6 Å². The van der Waals surface area contributed by atoms with Gasteiger partial charge in [-0.15, -0.1) is 0 Å². The molecule has 0 heterocycles. The topological polar surface area (TPSA) is 122 Å². The van der Waals surface area contributed by atoms with E-state index in [0.717, 1.165) is 4.31 Å². The van der Waals surface area contributed by atoms with Crippen molar-refractivity contribution in [3.8, 4) is 0 Å². The third-order valence-corrected chi connectivity index (χ3v) is 5.42. The third-order valence-electron chi connectivity index (χ3n) is 3.61. The molecule has 0 aliphatic carbocycles. The minimum atomic E-state index is -3.66. The van der Waals surface area contributed by atoms with Crippen molar-refractivity contribution in [2.24, 2.45) is 5.10 Å². The molecule has 0 spiro atoms. The number of sulfonamides is 1. The minimum absolute atomic E-state index is 0.00888. The Kier molecular flexibility index (Phi) is 6.74. The summed E-state index contributed by atoms with van der Waals surface area (Å²) in [5.74, 6) is -0.592. The zero-order chi connectivity index (χ0) is 20.7. The first-order valence-corrected chi connectivity index (χ1v) is 9.43. The van der Waals surface area contributed by atoms with Crippen molar-refractivity contribution in [1.29, 1.82) is 0 Å². The van der Waals surface area contributed by atoms with E-state index in [1.165, 1.54) is 62.8 Å². The molecular formula is C18H18N4O5S. The lowest BCUT2D eigenvalue weighted by Crippen LogP contribution is -2.23. The highest BCUT2D eigenvalue weighted by atomic mass is 32.2. The highest BCUT2D eigenvalue weighted by Crippen LogP contribution is 2.18. The van der Waals surface area contributed by atoms with Crippen molar-refractivity contribution in [2.45, 2.75) is 4.90 Å². The molecule has 0 saturated heterocycles. The van der Waals surface area contributed by atoms with Crippen LogP contribution in [0.25, 0.3) is 6.08 Å². The maximum atomic E-state index is 12.1. The van der Waals surface area contributed by atoms with Crippen LogP contribution in [0, 0.1) is 10.1 Å². The number of nitro benzene ring substituents is 1. The van der Waals surface area contributed by atoms with E-state index in [4.69, 9.17) is 0 Å². The molecule has 10 heteroatoms. The van der Waals surface area contributed by atoms with Crippen LogP contribution in [0.3, 0.4) is 0 Å².